The van der Waals surface area contributed by atoms with E-state index < -0.39 is 11.9 Å². The molecule has 0 aliphatic heterocycles. The predicted octanol–water partition coefficient (Wildman–Crippen LogP) is 2.18. The molecule has 0 aliphatic rings. The largest absolute Gasteiger partial charge is 0.481 e. The number of carbonyl (C=O) groups excluding carboxylic acids is 1. The highest BCUT2D eigenvalue weighted by Crippen LogP contribution is 2.10. The van der Waals surface area contributed by atoms with E-state index in [-0.39, 0.29) is 12.6 Å². The molecule has 0 saturated heterocycles. The molecule has 0 aliphatic carbocycles. The number of rotatable bonds is 4. The van der Waals surface area contributed by atoms with Gasteiger partial charge in [0.25, 0.3) is 0 Å². The van der Waals surface area contributed by atoms with Crippen LogP contribution in [0.1, 0.15) is 12.5 Å². The van der Waals surface area contributed by atoms with Crippen LogP contribution in [0.4, 0.5) is 10.5 Å². The van der Waals surface area contributed by atoms with Crippen molar-refractivity contribution in [2.24, 2.45) is 5.92 Å². The maximum Gasteiger partial charge on any atom is 0.321 e. The van der Waals surface area contributed by atoms with Crippen molar-refractivity contribution in [1.82, 2.24) is 4.90 Å². The Kier molecular flexibility index (Phi) is 4.71. The van der Waals surface area contributed by atoms with Crippen LogP contribution in [0.3, 0.4) is 0 Å². The van der Waals surface area contributed by atoms with Crippen LogP contribution in [0.25, 0.3) is 0 Å². The summed E-state index contributed by atoms with van der Waals surface area (Å²) in [5.74, 6) is -1.50. The molecule has 0 bridgehead atoms. The van der Waals surface area contributed by atoms with Gasteiger partial charge in [0.15, 0.2) is 0 Å². The van der Waals surface area contributed by atoms with Gasteiger partial charge in [-0.1, -0.05) is 19.1 Å². The van der Waals surface area contributed by atoms with Crippen LogP contribution < -0.4 is 5.32 Å². The Labute approximate surface area is 106 Å². The molecule has 5 heteroatoms. The second-order valence-electron chi connectivity index (χ2n) is 4.42. The molecule has 5 nitrogen and oxygen atoms in total. The first-order valence-corrected chi connectivity index (χ1v) is 5.71. The molecule has 0 spiro atoms. The summed E-state index contributed by atoms with van der Waals surface area (Å²) in [5.41, 5.74) is 1.75. The average molecular weight is 250 g/mol. The van der Waals surface area contributed by atoms with E-state index in [4.69, 9.17) is 5.11 Å². The Balaban J connectivity index is 2.57. The second-order valence-corrected chi connectivity index (χ2v) is 4.42. The zero-order valence-corrected chi connectivity index (χ0v) is 10.8. The molecule has 0 saturated carbocycles. The topological polar surface area (TPSA) is 69.6 Å². The fraction of sp³-hybridized carbons (Fsp3) is 0.385. The average Bonchev–Trinajstić information content (AvgIpc) is 2.28. The van der Waals surface area contributed by atoms with Crippen molar-refractivity contribution in [3.05, 3.63) is 29.8 Å². The third-order valence-corrected chi connectivity index (χ3v) is 2.59. The fourth-order valence-corrected chi connectivity index (χ4v) is 1.51. The number of hydrogen-bond acceptors (Lipinski definition) is 2. The molecule has 0 heterocycles. The van der Waals surface area contributed by atoms with Crippen molar-refractivity contribution in [3.8, 4) is 0 Å². The van der Waals surface area contributed by atoms with Crippen LogP contribution in [0, 0.1) is 12.8 Å². The Morgan fingerprint density at radius 1 is 1.44 bits per heavy atom. The summed E-state index contributed by atoms with van der Waals surface area (Å²) in [4.78, 5) is 23.9. The van der Waals surface area contributed by atoms with E-state index >= 15 is 0 Å². The quantitative estimate of drug-likeness (QED) is 0.860. The second kappa shape index (κ2) is 6.05. The van der Waals surface area contributed by atoms with Gasteiger partial charge in [0.2, 0.25) is 0 Å². The van der Waals surface area contributed by atoms with Crippen molar-refractivity contribution in [1.29, 1.82) is 0 Å². The highest BCUT2D eigenvalue weighted by atomic mass is 16.4. The molecule has 1 aromatic rings. The number of amides is 2. The highest BCUT2D eigenvalue weighted by molar-refractivity contribution is 5.89. The first-order valence-electron chi connectivity index (χ1n) is 5.71. The van der Waals surface area contributed by atoms with Crippen LogP contribution >= 0.6 is 0 Å². The minimum atomic E-state index is -0.912. The lowest BCUT2D eigenvalue weighted by molar-refractivity contribution is -0.141. The summed E-state index contributed by atoms with van der Waals surface area (Å²) in [6.07, 6.45) is 0. The molecule has 98 valence electrons. The fourth-order valence-electron chi connectivity index (χ4n) is 1.51. The molecule has 1 unspecified atom stereocenters. The molecule has 0 aromatic heterocycles. The number of carbonyl (C=O) groups is 2. The number of nitrogens with one attached hydrogen (secondary N) is 1. The standard InChI is InChI=1S/C13H18N2O3/c1-9-5-4-6-11(7-9)14-13(18)15(3)8-10(2)12(16)17/h4-7,10H,8H2,1-3H3,(H,14,18)(H,16,17). The molecular weight excluding hydrogens is 232 g/mol. The normalized spacial score (nSPS) is 11.7. The van der Waals surface area contributed by atoms with Gasteiger partial charge in [0.05, 0.1) is 5.92 Å². The first-order chi connectivity index (χ1) is 8.40. The highest BCUT2D eigenvalue weighted by Gasteiger charge is 2.17. The number of aliphatic carboxylic acids is 1. The number of anilines is 1. The van der Waals surface area contributed by atoms with E-state index in [2.05, 4.69) is 5.32 Å². The van der Waals surface area contributed by atoms with Gasteiger partial charge >= 0.3 is 12.0 Å². The van der Waals surface area contributed by atoms with Crippen LogP contribution in [0.5, 0.6) is 0 Å². The lowest BCUT2D eigenvalue weighted by atomic mass is 10.2. The van der Waals surface area contributed by atoms with E-state index in [0.717, 1.165) is 5.56 Å². The number of aryl methyl sites for hydroxylation is 1. The number of hydrogen-bond donors (Lipinski definition) is 2. The van der Waals surface area contributed by atoms with Gasteiger partial charge < -0.3 is 15.3 Å². The van der Waals surface area contributed by atoms with E-state index in [0.29, 0.717) is 5.69 Å². The van der Waals surface area contributed by atoms with Crippen LogP contribution in [0.15, 0.2) is 24.3 Å². The van der Waals surface area contributed by atoms with Gasteiger partial charge in [0.1, 0.15) is 0 Å². The number of benzene rings is 1. The van der Waals surface area contributed by atoms with Gasteiger partial charge in [-0.25, -0.2) is 4.79 Å². The van der Waals surface area contributed by atoms with Crippen molar-refractivity contribution in [2.75, 3.05) is 18.9 Å². The minimum Gasteiger partial charge on any atom is -0.481 e. The van der Waals surface area contributed by atoms with E-state index in [9.17, 15) is 9.59 Å². The van der Waals surface area contributed by atoms with Gasteiger partial charge in [-0.3, -0.25) is 4.79 Å². The number of carboxylic acids is 1. The Morgan fingerprint density at radius 2 is 2.11 bits per heavy atom. The van der Waals surface area contributed by atoms with Gasteiger partial charge in [0, 0.05) is 19.3 Å². The van der Waals surface area contributed by atoms with Crippen LogP contribution in [-0.2, 0) is 4.79 Å². The molecule has 0 radical (unpaired) electrons. The van der Waals surface area contributed by atoms with Crippen molar-refractivity contribution in [3.63, 3.8) is 0 Å². The molecule has 1 atom stereocenters. The van der Waals surface area contributed by atoms with E-state index in [1.165, 1.54) is 4.90 Å². The summed E-state index contributed by atoms with van der Waals surface area (Å²) >= 11 is 0. The van der Waals surface area contributed by atoms with E-state index in [1.54, 1.807) is 20.0 Å². The number of urea groups is 1. The van der Waals surface area contributed by atoms with E-state index in [1.807, 2.05) is 25.1 Å². The molecule has 0 fully saturated rings. The molecule has 2 amide bonds. The first kappa shape index (κ1) is 14.0. The van der Waals surface area contributed by atoms with Crippen molar-refractivity contribution >= 4 is 17.7 Å². The van der Waals surface area contributed by atoms with Crippen molar-refractivity contribution in [2.45, 2.75) is 13.8 Å². The monoisotopic (exact) mass is 250 g/mol. The molecule has 2 N–H and O–H groups in total. The SMILES string of the molecule is Cc1cccc(NC(=O)N(C)CC(C)C(=O)O)c1. The lowest BCUT2D eigenvalue weighted by Crippen LogP contribution is -2.36. The smallest absolute Gasteiger partial charge is 0.321 e. The van der Waals surface area contributed by atoms with Gasteiger partial charge in [-0.05, 0) is 24.6 Å². The zero-order valence-electron chi connectivity index (χ0n) is 10.8. The third-order valence-electron chi connectivity index (χ3n) is 2.59. The summed E-state index contributed by atoms with van der Waals surface area (Å²) in [6, 6.07) is 7.12. The number of nitrogens with zero attached hydrogens (tertiary/aromatic N) is 1. The summed E-state index contributed by atoms with van der Waals surface area (Å²) in [5, 5.41) is 11.5. The maximum atomic E-state index is 11.8. The van der Waals surface area contributed by atoms with Crippen LogP contribution in [0.2, 0.25) is 0 Å². The van der Waals surface area contributed by atoms with Crippen molar-refractivity contribution < 1.29 is 14.7 Å². The summed E-state index contributed by atoms with van der Waals surface area (Å²) < 4.78 is 0. The molecule has 1 rings (SSSR count). The van der Waals surface area contributed by atoms with Gasteiger partial charge in [-0.2, -0.15) is 0 Å². The Bertz CT molecular complexity index is 446. The predicted molar refractivity (Wildman–Crippen MR) is 69.6 cm³/mol. The maximum absolute atomic E-state index is 11.8. The van der Waals surface area contributed by atoms with Crippen LogP contribution in [-0.4, -0.2) is 35.6 Å². The summed E-state index contributed by atoms with van der Waals surface area (Å²) in [7, 11) is 1.57. The Hall–Kier alpha value is -2.04. The molecular formula is C13H18N2O3. The minimum absolute atomic E-state index is 0.174. The molecule has 18 heavy (non-hydrogen) atoms. The van der Waals surface area contributed by atoms with Gasteiger partial charge in [-0.15, -0.1) is 0 Å². The summed E-state index contributed by atoms with van der Waals surface area (Å²) in [6.45, 7) is 3.68. The zero-order chi connectivity index (χ0) is 13.7. The Morgan fingerprint density at radius 3 is 2.67 bits per heavy atom. The third kappa shape index (κ3) is 4.08. The molecule has 1 aromatic carbocycles. The number of carboxylic acid groups (broad SMARTS) is 1. The lowest BCUT2D eigenvalue weighted by Gasteiger charge is -2.20.